The van der Waals surface area contributed by atoms with Crippen LogP contribution in [0.2, 0.25) is 0 Å². The molecule has 94 valence electrons. The van der Waals surface area contributed by atoms with Crippen LogP contribution in [0.25, 0.3) is 0 Å². The number of aromatic hydroxyl groups is 2. The minimum Gasteiger partial charge on any atom is -0.508 e. The maximum absolute atomic E-state index is 12.1. The van der Waals surface area contributed by atoms with Gasteiger partial charge in [-0.3, -0.25) is 4.79 Å². The molecule has 0 saturated carbocycles. The minimum absolute atomic E-state index is 0.0416. The van der Waals surface area contributed by atoms with Gasteiger partial charge in [-0.2, -0.15) is 11.3 Å². The Bertz CT molecular complexity index is 551. The number of carbonyl (C=O) groups excluding carboxylic acids is 1. The summed E-state index contributed by atoms with van der Waals surface area (Å²) >= 11 is 1.57. The zero-order valence-corrected chi connectivity index (χ0v) is 10.6. The van der Waals surface area contributed by atoms with Crippen molar-refractivity contribution in [2.24, 2.45) is 0 Å². The first-order valence-corrected chi connectivity index (χ1v) is 6.30. The predicted octanol–water partition coefficient (Wildman–Crippen LogP) is 2.43. The van der Waals surface area contributed by atoms with Crippen molar-refractivity contribution in [2.45, 2.75) is 6.54 Å². The van der Waals surface area contributed by atoms with E-state index in [1.165, 1.54) is 23.1 Å². The van der Waals surface area contributed by atoms with E-state index in [9.17, 15) is 15.0 Å². The number of hydrogen-bond acceptors (Lipinski definition) is 4. The van der Waals surface area contributed by atoms with Gasteiger partial charge in [0.15, 0.2) is 0 Å². The van der Waals surface area contributed by atoms with Crippen LogP contribution in [0.1, 0.15) is 15.9 Å². The summed E-state index contributed by atoms with van der Waals surface area (Å²) < 4.78 is 0. The van der Waals surface area contributed by atoms with Gasteiger partial charge in [0, 0.05) is 13.6 Å². The van der Waals surface area contributed by atoms with E-state index in [0.29, 0.717) is 6.54 Å². The van der Waals surface area contributed by atoms with Crippen LogP contribution >= 0.6 is 11.3 Å². The van der Waals surface area contributed by atoms with Gasteiger partial charge in [0.2, 0.25) is 0 Å². The second-order valence-corrected chi connectivity index (χ2v) is 4.77. The van der Waals surface area contributed by atoms with Crippen molar-refractivity contribution in [3.63, 3.8) is 0 Å². The van der Waals surface area contributed by atoms with Crippen LogP contribution in [-0.4, -0.2) is 28.1 Å². The van der Waals surface area contributed by atoms with Crippen LogP contribution in [0.5, 0.6) is 11.5 Å². The van der Waals surface area contributed by atoms with Crippen molar-refractivity contribution < 1.29 is 15.0 Å². The molecule has 0 spiro atoms. The molecule has 0 aliphatic carbocycles. The van der Waals surface area contributed by atoms with Gasteiger partial charge in [-0.05, 0) is 40.6 Å². The second-order valence-electron chi connectivity index (χ2n) is 3.99. The molecule has 0 aliphatic heterocycles. The van der Waals surface area contributed by atoms with Crippen molar-refractivity contribution >= 4 is 17.2 Å². The molecule has 1 amide bonds. The number of phenols is 2. The van der Waals surface area contributed by atoms with Crippen LogP contribution in [0.4, 0.5) is 0 Å². The Morgan fingerprint density at radius 2 is 2.11 bits per heavy atom. The van der Waals surface area contributed by atoms with Gasteiger partial charge in [0.1, 0.15) is 11.5 Å². The van der Waals surface area contributed by atoms with Crippen LogP contribution in [0.15, 0.2) is 35.0 Å². The summed E-state index contributed by atoms with van der Waals surface area (Å²) in [5, 5.41) is 22.9. The van der Waals surface area contributed by atoms with Crippen LogP contribution in [0.3, 0.4) is 0 Å². The summed E-state index contributed by atoms with van der Waals surface area (Å²) in [7, 11) is 1.66. The highest BCUT2D eigenvalue weighted by atomic mass is 32.1. The van der Waals surface area contributed by atoms with E-state index in [-0.39, 0.29) is 23.0 Å². The van der Waals surface area contributed by atoms with Gasteiger partial charge < -0.3 is 15.1 Å². The van der Waals surface area contributed by atoms with E-state index >= 15 is 0 Å². The molecule has 5 heteroatoms. The Balaban J connectivity index is 2.17. The van der Waals surface area contributed by atoms with Gasteiger partial charge >= 0.3 is 0 Å². The summed E-state index contributed by atoms with van der Waals surface area (Å²) in [5.74, 6) is -0.496. The monoisotopic (exact) mass is 263 g/mol. The Hall–Kier alpha value is -2.01. The Morgan fingerprint density at radius 3 is 2.78 bits per heavy atom. The van der Waals surface area contributed by atoms with Gasteiger partial charge in [0.05, 0.1) is 5.56 Å². The number of hydrogen-bond donors (Lipinski definition) is 2. The lowest BCUT2D eigenvalue weighted by molar-refractivity contribution is 0.0782. The number of carbonyl (C=O) groups is 1. The molecule has 2 aromatic rings. The van der Waals surface area contributed by atoms with Crippen molar-refractivity contribution in [1.82, 2.24) is 4.90 Å². The molecule has 0 aliphatic rings. The maximum atomic E-state index is 12.1. The average Bonchev–Trinajstić information content (AvgIpc) is 2.84. The van der Waals surface area contributed by atoms with Crippen molar-refractivity contribution in [1.29, 1.82) is 0 Å². The normalized spacial score (nSPS) is 10.3. The molecule has 4 nitrogen and oxygen atoms in total. The highest BCUT2D eigenvalue weighted by molar-refractivity contribution is 7.07. The molecule has 0 radical (unpaired) electrons. The van der Waals surface area contributed by atoms with E-state index in [0.717, 1.165) is 5.56 Å². The molecule has 2 N–H and O–H groups in total. The minimum atomic E-state index is -0.324. The third-order valence-electron chi connectivity index (χ3n) is 2.56. The van der Waals surface area contributed by atoms with E-state index in [4.69, 9.17) is 0 Å². The topological polar surface area (TPSA) is 60.8 Å². The molecule has 0 atom stereocenters. The molecule has 0 fully saturated rings. The number of amides is 1. The standard InChI is InChI=1S/C13H13NO3S/c1-14(7-9-4-5-18-8-9)13(17)11-6-10(15)2-3-12(11)16/h2-6,8,15-16H,7H2,1H3. The van der Waals surface area contributed by atoms with E-state index in [2.05, 4.69) is 0 Å². The number of phenolic OH excluding ortho intramolecular Hbond substituents is 2. The molecule has 1 aromatic heterocycles. The lowest BCUT2D eigenvalue weighted by atomic mass is 10.1. The number of nitrogens with zero attached hydrogens (tertiary/aromatic N) is 1. The van der Waals surface area contributed by atoms with Gasteiger partial charge in [-0.25, -0.2) is 0 Å². The van der Waals surface area contributed by atoms with Crippen molar-refractivity contribution in [3.05, 3.63) is 46.2 Å². The van der Waals surface area contributed by atoms with Crippen LogP contribution in [-0.2, 0) is 6.54 Å². The first-order chi connectivity index (χ1) is 8.58. The molecule has 18 heavy (non-hydrogen) atoms. The smallest absolute Gasteiger partial charge is 0.257 e. The second kappa shape index (κ2) is 5.10. The summed E-state index contributed by atoms with van der Waals surface area (Å²) in [6.45, 7) is 0.470. The summed E-state index contributed by atoms with van der Waals surface area (Å²) in [6, 6.07) is 5.85. The maximum Gasteiger partial charge on any atom is 0.257 e. The van der Waals surface area contributed by atoms with Gasteiger partial charge in [-0.1, -0.05) is 0 Å². The zero-order valence-electron chi connectivity index (χ0n) is 9.83. The summed E-state index contributed by atoms with van der Waals surface area (Å²) in [4.78, 5) is 13.6. The molecule has 0 saturated heterocycles. The first kappa shape index (κ1) is 12.4. The lowest BCUT2D eigenvalue weighted by Gasteiger charge is -2.17. The fourth-order valence-electron chi connectivity index (χ4n) is 1.63. The van der Waals surface area contributed by atoms with Gasteiger partial charge in [0.25, 0.3) is 5.91 Å². The fourth-order valence-corrected chi connectivity index (χ4v) is 2.29. The third kappa shape index (κ3) is 2.62. The molecule has 1 heterocycles. The summed E-state index contributed by atoms with van der Waals surface area (Å²) in [6.07, 6.45) is 0. The Labute approximate surface area is 109 Å². The fraction of sp³-hybridized carbons (Fsp3) is 0.154. The molecule has 0 bridgehead atoms. The van der Waals surface area contributed by atoms with Crippen molar-refractivity contribution in [2.75, 3.05) is 7.05 Å². The van der Waals surface area contributed by atoms with E-state index < -0.39 is 0 Å². The van der Waals surface area contributed by atoms with Crippen molar-refractivity contribution in [3.8, 4) is 11.5 Å². The number of thiophene rings is 1. The zero-order chi connectivity index (χ0) is 13.1. The highest BCUT2D eigenvalue weighted by Crippen LogP contribution is 2.23. The molecular weight excluding hydrogens is 250 g/mol. The first-order valence-electron chi connectivity index (χ1n) is 5.36. The molecular formula is C13H13NO3S. The number of rotatable bonds is 3. The largest absolute Gasteiger partial charge is 0.508 e. The SMILES string of the molecule is CN(Cc1ccsc1)C(=O)c1cc(O)ccc1O. The molecule has 1 aromatic carbocycles. The lowest BCUT2D eigenvalue weighted by Crippen LogP contribution is -2.26. The highest BCUT2D eigenvalue weighted by Gasteiger charge is 2.16. The average molecular weight is 263 g/mol. The Kier molecular flexibility index (Phi) is 3.53. The van der Waals surface area contributed by atoms with Gasteiger partial charge in [-0.15, -0.1) is 0 Å². The summed E-state index contributed by atoms with van der Waals surface area (Å²) in [5.41, 5.74) is 1.14. The predicted molar refractivity (Wildman–Crippen MR) is 69.9 cm³/mol. The van der Waals surface area contributed by atoms with Crippen LogP contribution < -0.4 is 0 Å². The quantitative estimate of drug-likeness (QED) is 0.836. The third-order valence-corrected chi connectivity index (χ3v) is 3.29. The van der Waals surface area contributed by atoms with E-state index in [1.807, 2.05) is 16.8 Å². The number of benzene rings is 1. The van der Waals surface area contributed by atoms with E-state index in [1.54, 1.807) is 18.4 Å². The molecule has 0 unspecified atom stereocenters. The van der Waals surface area contributed by atoms with Crippen LogP contribution in [0, 0.1) is 0 Å². The molecule has 2 rings (SSSR count). The Morgan fingerprint density at radius 1 is 1.33 bits per heavy atom.